The lowest BCUT2D eigenvalue weighted by Gasteiger charge is -2.15. The molecule has 0 aliphatic heterocycles. The predicted molar refractivity (Wildman–Crippen MR) is 63.0 cm³/mol. The normalized spacial score (nSPS) is 12.6. The average Bonchev–Trinajstić information content (AvgIpc) is 2.75. The molecule has 4 nitrogen and oxygen atoms in total. The standard InChI is InChI=1S/C12H14N4/c1-4-6-13-9(2)11-8-14-12-5-7-15-16(12)10(11)3/h1,5,7-9,13H,6H2,2-3H3. The Kier molecular flexibility index (Phi) is 2.88. The Balaban J connectivity index is 2.37. The molecule has 2 aromatic rings. The van der Waals surface area contributed by atoms with Gasteiger partial charge in [0.15, 0.2) is 5.65 Å². The first-order chi connectivity index (χ1) is 7.74. The van der Waals surface area contributed by atoms with Crippen molar-refractivity contribution in [1.29, 1.82) is 0 Å². The molecule has 1 unspecified atom stereocenters. The van der Waals surface area contributed by atoms with Crippen LogP contribution in [-0.2, 0) is 0 Å². The van der Waals surface area contributed by atoms with Gasteiger partial charge in [0.05, 0.1) is 12.7 Å². The molecular weight excluding hydrogens is 200 g/mol. The van der Waals surface area contributed by atoms with E-state index in [4.69, 9.17) is 6.42 Å². The SMILES string of the molecule is C#CCNC(C)c1cnc2ccnn2c1C. The summed E-state index contributed by atoms with van der Waals surface area (Å²) in [4.78, 5) is 4.34. The van der Waals surface area contributed by atoms with Crippen LogP contribution in [0.15, 0.2) is 18.5 Å². The van der Waals surface area contributed by atoms with E-state index in [1.165, 1.54) is 0 Å². The van der Waals surface area contributed by atoms with Crippen molar-refractivity contribution in [2.45, 2.75) is 19.9 Å². The molecule has 0 saturated heterocycles. The predicted octanol–water partition coefficient (Wildman–Crippen LogP) is 1.32. The van der Waals surface area contributed by atoms with Crippen molar-refractivity contribution >= 4 is 5.65 Å². The summed E-state index contributed by atoms with van der Waals surface area (Å²) in [7, 11) is 0. The van der Waals surface area contributed by atoms with Crippen LogP contribution in [0.4, 0.5) is 0 Å². The quantitative estimate of drug-likeness (QED) is 0.784. The zero-order chi connectivity index (χ0) is 11.5. The molecule has 0 aromatic carbocycles. The molecule has 2 aromatic heterocycles. The summed E-state index contributed by atoms with van der Waals surface area (Å²) in [6.45, 7) is 4.65. The molecule has 2 rings (SSSR count). The summed E-state index contributed by atoms with van der Waals surface area (Å²) in [5.41, 5.74) is 3.07. The average molecular weight is 214 g/mol. The van der Waals surface area contributed by atoms with Crippen LogP contribution in [0, 0.1) is 19.3 Å². The van der Waals surface area contributed by atoms with Crippen LogP contribution in [-0.4, -0.2) is 21.1 Å². The number of terminal acetylenes is 1. The van der Waals surface area contributed by atoms with Crippen molar-refractivity contribution in [2.75, 3.05) is 6.54 Å². The lowest BCUT2D eigenvalue weighted by molar-refractivity contribution is 0.609. The van der Waals surface area contributed by atoms with Gasteiger partial charge in [0.1, 0.15) is 0 Å². The highest BCUT2D eigenvalue weighted by atomic mass is 15.2. The Morgan fingerprint density at radius 1 is 1.62 bits per heavy atom. The molecule has 0 spiro atoms. The second-order valence-corrected chi connectivity index (χ2v) is 3.71. The molecule has 16 heavy (non-hydrogen) atoms. The summed E-state index contributed by atoms with van der Waals surface area (Å²) < 4.78 is 1.84. The number of fused-ring (bicyclic) bond motifs is 1. The number of rotatable bonds is 3. The van der Waals surface area contributed by atoms with E-state index in [0.717, 1.165) is 16.9 Å². The first-order valence-electron chi connectivity index (χ1n) is 5.20. The molecule has 0 saturated carbocycles. The molecule has 0 amide bonds. The molecule has 1 atom stereocenters. The summed E-state index contributed by atoms with van der Waals surface area (Å²) in [5, 5.41) is 7.46. The number of aryl methyl sites for hydroxylation is 1. The highest BCUT2D eigenvalue weighted by molar-refractivity contribution is 5.39. The third-order valence-electron chi connectivity index (χ3n) is 2.67. The van der Waals surface area contributed by atoms with Gasteiger partial charge in [-0.1, -0.05) is 5.92 Å². The van der Waals surface area contributed by atoms with E-state index in [0.29, 0.717) is 6.54 Å². The molecule has 4 heteroatoms. The van der Waals surface area contributed by atoms with Gasteiger partial charge in [0.2, 0.25) is 0 Å². The molecular formula is C12H14N4. The molecule has 0 bridgehead atoms. The smallest absolute Gasteiger partial charge is 0.155 e. The fourth-order valence-corrected chi connectivity index (χ4v) is 1.75. The summed E-state index contributed by atoms with van der Waals surface area (Å²) in [5.74, 6) is 2.57. The van der Waals surface area contributed by atoms with Gasteiger partial charge in [-0.3, -0.25) is 5.32 Å². The monoisotopic (exact) mass is 214 g/mol. The molecule has 82 valence electrons. The van der Waals surface area contributed by atoms with Gasteiger partial charge in [0, 0.05) is 29.6 Å². The minimum Gasteiger partial charge on any atom is -0.299 e. The molecule has 0 radical (unpaired) electrons. The van der Waals surface area contributed by atoms with Gasteiger partial charge in [-0.05, 0) is 13.8 Å². The number of nitrogens with one attached hydrogen (secondary N) is 1. The Morgan fingerprint density at radius 2 is 2.44 bits per heavy atom. The van der Waals surface area contributed by atoms with E-state index in [-0.39, 0.29) is 6.04 Å². The number of aromatic nitrogens is 3. The van der Waals surface area contributed by atoms with Crippen LogP contribution in [0.25, 0.3) is 5.65 Å². The highest BCUT2D eigenvalue weighted by Crippen LogP contribution is 2.16. The Bertz CT molecular complexity index is 535. The van der Waals surface area contributed by atoms with Crippen LogP contribution in [0.2, 0.25) is 0 Å². The maximum Gasteiger partial charge on any atom is 0.155 e. The van der Waals surface area contributed by atoms with E-state index in [1.807, 2.05) is 23.7 Å². The largest absolute Gasteiger partial charge is 0.299 e. The first kappa shape index (κ1) is 10.7. The van der Waals surface area contributed by atoms with Crippen molar-refractivity contribution in [3.05, 3.63) is 29.7 Å². The molecule has 0 aliphatic carbocycles. The fourth-order valence-electron chi connectivity index (χ4n) is 1.75. The Labute approximate surface area is 94.7 Å². The van der Waals surface area contributed by atoms with E-state index in [1.54, 1.807) is 6.20 Å². The van der Waals surface area contributed by atoms with Crippen molar-refractivity contribution in [3.63, 3.8) is 0 Å². The summed E-state index contributed by atoms with van der Waals surface area (Å²) in [6, 6.07) is 2.06. The zero-order valence-electron chi connectivity index (χ0n) is 9.44. The van der Waals surface area contributed by atoms with E-state index in [2.05, 4.69) is 28.2 Å². The Morgan fingerprint density at radius 3 is 3.19 bits per heavy atom. The van der Waals surface area contributed by atoms with Gasteiger partial charge >= 0.3 is 0 Å². The van der Waals surface area contributed by atoms with E-state index < -0.39 is 0 Å². The maximum absolute atomic E-state index is 5.22. The molecule has 1 N–H and O–H groups in total. The van der Waals surface area contributed by atoms with Gasteiger partial charge in [-0.25, -0.2) is 9.50 Å². The van der Waals surface area contributed by atoms with Crippen molar-refractivity contribution in [2.24, 2.45) is 0 Å². The van der Waals surface area contributed by atoms with Crippen molar-refractivity contribution in [3.8, 4) is 12.3 Å². The highest BCUT2D eigenvalue weighted by Gasteiger charge is 2.10. The summed E-state index contributed by atoms with van der Waals surface area (Å²) in [6.07, 6.45) is 8.85. The van der Waals surface area contributed by atoms with Crippen LogP contribution < -0.4 is 5.32 Å². The molecule has 0 aliphatic rings. The number of nitrogens with zero attached hydrogens (tertiary/aromatic N) is 3. The van der Waals surface area contributed by atoms with E-state index >= 15 is 0 Å². The van der Waals surface area contributed by atoms with Crippen LogP contribution in [0.1, 0.15) is 24.2 Å². The lowest BCUT2D eigenvalue weighted by atomic mass is 10.1. The van der Waals surface area contributed by atoms with Crippen LogP contribution in [0.5, 0.6) is 0 Å². The summed E-state index contributed by atoms with van der Waals surface area (Å²) >= 11 is 0. The van der Waals surface area contributed by atoms with Crippen LogP contribution >= 0.6 is 0 Å². The molecule has 0 fully saturated rings. The minimum atomic E-state index is 0.178. The second kappa shape index (κ2) is 4.33. The second-order valence-electron chi connectivity index (χ2n) is 3.71. The number of hydrogen-bond acceptors (Lipinski definition) is 3. The first-order valence-corrected chi connectivity index (χ1v) is 5.20. The minimum absolute atomic E-state index is 0.178. The third kappa shape index (κ3) is 1.77. The van der Waals surface area contributed by atoms with Gasteiger partial charge in [0.25, 0.3) is 0 Å². The van der Waals surface area contributed by atoms with Gasteiger partial charge in [-0.15, -0.1) is 6.42 Å². The zero-order valence-corrected chi connectivity index (χ0v) is 9.44. The lowest BCUT2D eigenvalue weighted by Crippen LogP contribution is -2.20. The van der Waals surface area contributed by atoms with Crippen molar-refractivity contribution < 1.29 is 0 Å². The third-order valence-corrected chi connectivity index (χ3v) is 2.67. The topological polar surface area (TPSA) is 42.2 Å². The fraction of sp³-hybridized carbons (Fsp3) is 0.333. The van der Waals surface area contributed by atoms with Crippen LogP contribution in [0.3, 0.4) is 0 Å². The Hall–Kier alpha value is -1.86. The van der Waals surface area contributed by atoms with Gasteiger partial charge in [-0.2, -0.15) is 5.10 Å². The van der Waals surface area contributed by atoms with E-state index in [9.17, 15) is 0 Å². The molecule has 2 heterocycles. The maximum atomic E-state index is 5.22. The van der Waals surface area contributed by atoms with Crippen molar-refractivity contribution in [1.82, 2.24) is 19.9 Å². The number of hydrogen-bond donors (Lipinski definition) is 1. The van der Waals surface area contributed by atoms with Gasteiger partial charge < -0.3 is 0 Å².